The molecular formula is C17H18O5S. The number of hydrogen-bond acceptors (Lipinski definition) is 6. The molecule has 2 aromatic rings. The summed E-state index contributed by atoms with van der Waals surface area (Å²) in [5.41, 5.74) is 1.27. The lowest BCUT2D eigenvalue weighted by molar-refractivity contribution is 0.0444. The predicted molar refractivity (Wildman–Crippen MR) is 84.7 cm³/mol. The van der Waals surface area contributed by atoms with Gasteiger partial charge in [0.2, 0.25) is 5.76 Å². The summed E-state index contributed by atoms with van der Waals surface area (Å²) < 4.78 is 15.1. The molecule has 0 radical (unpaired) electrons. The van der Waals surface area contributed by atoms with E-state index < -0.39 is 5.97 Å². The zero-order valence-corrected chi connectivity index (χ0v) is 13.9. The third-order valence-electron chi connectivity index (χ3n) is 3.92. The van der Waals surface area contributed by atoms with Crippen molar-refractivity contribution in [3.05, 3.63) is 45.0 Å². The van der Waals surface area contributed by atoms with Crippen molar-refractivity contribution in [2.75, 3.05) is 7.11 Å². The summed E-state index contributed by atoms with van der Waals surface area (Å²) in [6.45, 7) is 2.23. The van der Waals surface area contributed by atoms with E-state index in [1.807, 2.05) is 6.07 Å². The maximum absolute atomic E-state index is 12.2. The van der Waals surface area contributed by atoms with Crippen molar-refractivity contribution in [2.45, 2.75) is 32.8 Å². The highest BCUT2D eigenvalue weighted by atomic mass is 32.1. The average Bonchev–Trinajstić information content (AvgIpc) is 3.18. The molecule has 0 aromatic carbocycles. The second-order valence-corrected chi connectivity index (χ2v) is 6.88. The highest BCUT2D eigenvalue weighted by Gasteiger charge is 2.21. The molecule has 2 heterocycles. The van der Waals surface area contributed by atoms with Gasteiger partial charge in [0.25, 0.3) is 0 Å². The molecular weight excluding hydrogens is 316 g/mol. The minimum absolute atomic E-state index is 0.00516. The average molecular weight is 334 g/mol. The van der Waals surface area contributed by atoms with E-state index in [0.717, 1.165) is 12.8 Å². The fourth-order valence-corrected chi connectivity index (χ4v) is 3.78. The largest absolute Gasteiger partial charge is 0.463 e. The number of thiophene rings is 1. The molecule has 0 N–H and O–H groups in total. The van der Waals surface area contributed by atoms with E-state index in [0.29, 0.717) is 16.6 Å². The Hall–Kier alpha value is -2.08. The highest BCUT2D eigenvalue weighted by molar-refractivity contribution is 7.14. The zero-order valence-electron chi connectivity index (χ0n) is 13.1. The highest BCUT2D eigenvalue weighted by Crippen LogP contribution is 2.32. The summed E-state index contributed by atoms with van der Waals surface area (Å²) in [6.07, 6.45) is 3.24. The van der Waals surface area contributed by atoms with E-state index in [-0.39, 0.29) is 18.3 Å². The fraction of sp³-hybridized carbons (Fsp3) is 0.412. The van der Waals surface area contributed by atoms with Gasteiger partial charge in [-0.3, -0.25) is 0 Å². The van der Waals surface area contributed by atoms with E-state index in [2.05, 4.69) is 11.7 Å². The molecule has 2 aromatic heterocycles. The van der Waals surface area contributed by atoms with Crippen LogP contribution in [-0.4, -0.2) is 19.0 Å². The first-order chi connectivity index (χ1) is 11.1. The molecule has 122 valence electrons. The van der Waals surface area contributed by atoms with Gasteiger partial charge in [0.15, 0.2) is 0 Å². The quantitative estimate of drug-likeness (QED) is 0.799. The first-order valence-electron chi connectivity index (χ1n) is 7.52. The Kier molecular flexibility index (Phi) is 4.52. The third kappa shape index (κ3) is 3.47. The third-order valence-corrected chi connectivity index (χ3v) is 5.14. The first kappa shape index (κ1) is 15.8. The molecule has 0 bridgehead atoms. The summed E-state index contributed by atoms with van der Waals surface area (Å²) in [5, 5.41) is 0. The summed E-state index contributed by atoms with van der Waals surface area (Å²) in [4.78, 5) is 25.4. The van der Waals surface area contributed by atoms with Gasteiger partial charge in [0.05, 0.1) is 7.11 Å². The number of rotatable bonds is 4. The topological polar surface area (TPSA) is 65.7 Å². The van der Waals surface area contributed by atoms with Crippen molar-refractivity contribution in [3.8, 4) is 0 Å². The SMILES string of the molecule is COC(=O)c1ccc(COC(=O)c2cc3c(s2)CC[C@@H](C)C3)o1. The normalized spacial score (nSPS) is 16.7. The van der Waals surface area contributed by atoms with Crippen LogP contribution in [0.2, 0.25) is 0 Å². The maximum Gasteiger partial charge on any atom is 0.373 e. The number of hydrogen-bond donors (Lipinski definition) is 0. The van der Waals surface area contributed by atoms with Crippen molar-refractivity contribution in [1.29, 1.82) is 0 Å². The van der Waals surface area contributed by atoms with Crippen LogP contribution in [0.4, 0.5) is 0 Å². The van der Waals surface area contributed by atoms with Gasteiger partial charge in [0, 0.05) is 4.88 Å². The lowest BCUT2D eigenvalue weighted by Crippen LogP contribution is -2.08. The van der Waals surface area contributed by atoms with E-state index in [9.17, 15) is 9.59 Å². The van der Waals surface area contributed by atoms with Crippen LogP contribution in [0.25, 0.3) is 0 Å². The molecule has 6 heteroatoms. The van der Waals surface area contributed by atoms with Gasteiger partial charge in [-0.1, -0.05) is 6.92 Å². The minimum Gasteiger partial charge on any atom is -0.463 e. The van der Waals surface area contributed by atoms with Crippen LogP contribution >= 0.6 is 11.3 Å². The van der Waals surface area contributed by atoms with Gasteiger partial charge < -0.3 is 13.9 Å². The van der Waals surface area contributed by atoms with Gasteiger partial charge in [-0.15, -0.1) is 11.3 Å². The number of methoxy groups -OCH3 is 1. The molecule has 0 aliphatic heterocycles. The molecule has 3 rings (SSSR count). The number of aryl methyl sites for hydroxylation is 1. The van der Waals surface area contributed by atoms with Crippen LogP contribution in [0.1, 0.15) is 49.8 Å². The van der Waals surface area contributed by atoms with Crippen LogP contribution in [-0.2, 0) is 28.9 Å². The second kappa shape index (κ2) is 6.58. The van der Waals surface area contributed by atoms with Gasteiger partial charge in [-0.25, -0.2) is 9.59 Å². The number of ether oxygens (including phenoxy) is 2. The Morgan fingerprint density at radius 1 is 1.35 bits per heavy atom. The Bertz CT molecular complexity index is 727. The number of furan rings is 1. The Morgan fingerprint density at radius 3 is 2.96 bits per heavy atom. The van der Waals surface area contributed by atoms with Gasteiger partial charge in [-0.05, 0) is 48.9 Å². The lowest BCUT2D eigenvalue weighted by Gasteiger charge is -2.16. The van der Waals surface area contributed by atoms with Crippen LogP contribution in [0.15, 0.2) is 22.6 Å². The zero-order chi connectivity index (χ0) is 16.4. The van der Waals surface area contributed by atoms with Crippen molar-refractivity contribution in [3.63, 3.8) is 0 Å². The second-order valence-electron chi connectivity index (χ2n) is 5.74. The molecule has 0 fully saturated rings. The molecule has 1 aliphatic rings. The molecule has 1 aliphatic carbocycles. The number of carbonyl (C=O) groups excluding carboxylic acids is 2. The molecule has 5 nitrogen and oxygen atoms in total. The van der Waals surface area contributed by atoms with E-state index in [1.165, 1.54) is 41.4 Å². The van der Waals surface area contributed by atoms with Crippen LogP contribution in [0, 0.1) is 5.92 Å². The van der Waals surface area contributed by atoms with Gasteiger partial charge in [0.1, 0.15) is 17.2 Å². The molecule has 1 atom stereocenters. The minimum atomic E-state index is -0.553. The summed E-state index contributed by atoms with van der Waals surface area (Å²) in [7, 11) is 1.28. The van der Waals surface area contributed by atoms with E-state index in [4.69, 9.17) is 9.15 Å². The van der Waals surface area contributed by atoms with Crippen molar-refractivity contribution < 1.29 is 23.5 Å². The van der Waals surface area contributed by atoms with Crippen LogP contribution < -0.4 is 0 Å². The molecule has 0 unspecified atom stereocenters. The Labute approximate surface area is 138 Å². The maximum atomic E-state index is 12.2. The van der Waals surface area contributed by atoms with Crippen molar-refractivity contribution >= 4 is 23.3 Å². The fourth-order valence-electron chi connectivity index (χ4n) is 2.68. The van der Waals surface area contributed by atoms with Crippen molar-refractivity contribution in [1.82, 2.24) is 0 Å². The predicted octanol–water partition coefficient (Wildman–Crippen LogP) is 3.61. The lowest BCUT2D eigenvalue weighted by atomic mass is 9.90. The van der Waals surface area contributed by atoms with Crippen LogP contribution in [0.5, 0.6) is 0 Å². The number of esters is 2. The smallest absolute Gasteiger partial charge is 0.373 e. The Balaban J connectivity index is 1.61. The monoisotopic (exact) mass is 334 g/mol. The van der Waals surface area contributed by atoms with Gasteiger partial charge in [-0.2, -0.15) is 0 Å². The van der Waals surface area contributed by atoms with Crippen LogP contribution in [0.3, 0.4) is 0 Å². The Morgan fingerprint density at radius 2 is 2.17 bits per heavy atom. The molecule has 0 amide bonds. The summed E-state index contributed by atoms with van der Waals surface area (Å²) in [6, 6.07) is 5.04. The molecule has 0 saturated carbocycles. The standard InChI is InChI=1S/C17H18O5S/c1-10-3-6-14-11(7-10)8-15(23-14)17(19)21-9-12-4-5-13(22-12)16(18)20-2/h4-5,8,10H,3,6-7,9H2,1-2H3/t10-/m1/s1. The molecule has 23 heavy (non-hydrogen) atoms. The van der Waals surface area contributed by atoms with E-state index >= 15 is 0 Å². The van der Waals surface area contributed by atoms with E-state index in [1.54, 1.807) is 6.07 Å². The molecule has 0 saturated heterocycles. The van der Waals surface area contributed by atoms with Gasteiger partial charge >= 0.3 is 11.9 Å². The molecule has 0 spiro atoms. The first-order valence-corrected chi connectivity index (χ1v) is 8.34. The number of carbonyl (C=O) groups is 2. The van der Waals surface area contributed by atoms with Crippen molar-refractivity contribution in [2.24, 2.45) is 5.92 Å². The summed E-state index contributed by atoms with van der Waals surface area (Å²) in [5.74, 6) is 0.268. The number of fused-ring (bicyclic) bond motifs is 1. The summed E-state index contributed by atoms with van der Waals surface area (Å²) >= 11 is 1.52.